The number of hydrogen-bond donors (Lipinski definition) is 1. The standard InChI is InChI=1S/C22H29N7O2/c1-26-7-8-29-21(14-26)24-25-22(29)19-10-18(30)13-28(19)11-16-3-4-20(31-2)17(9-16)12-27-6-5-23-15-27/h3-6,9,15,18-19,30H,7-8,10-14H2,1-2H3/t18-,19-/m0/s1. The molecule has 5 rings (SSSR count). The third kappa shape index (κ3) is 4.08. The number of methoxy groups -OCH3 is 1. The van der Waals surface area contributed by atoms with Gasteiger partial charge in [0.15, 0.2) is 5.82 Å². The highest BCUT2D eigenvalue weighted by molar-refractivity contribution is 5.37. The van der Waals surface area contributed by atoms with E-state index in [0.717, 1.165) is 49.1 Å². The molecule has 1 aromatic carbocycles. The molecule has 1 fully saturated rings. The van der Waals surface area contributed by atoms with Crippen molar-refractivity contribution in [3.63, 3.8) is 0 Å². The lowest BCUT2D eigenvalue weighted by molar-refractivity contribution is 0.171. The predicted octanol–water partition coefficient (Wildman–Crippen LogP) is 1.28. The van der Waals surface area contributed by atoms with Crippen LogP contribution in [0.25, 0.3) is 0 Å². The largest absolute Gasteiger partial charge is 0.496 e. The van der Waals surface area contributed by atoms with Crippen LogP contribution in [0.2, 0.25) is 0 Å². The zero-order chi connectivity index (χ0) is 21.4. The Hall–Kier alpha value is -2.75. The van der Waals surface area contributed by atoms with Crippen molar-refractivity contribution in [1.82, 2.24) is 34.1 Å². The van der Waals surface area contributed by atoms with Crippen molar-refractivity contribution in [2.24, 2.45) is 0 Å². The van der Waals surface area contributed by atoms with Crippen LogP contribution in [-0.4, -0.2) is 72.6 Å². The zero-order valence-electron chi connectivity index (χ0n) is 18.1. The van der Waals surface area contributed by atoms with E-state index in [-0.39, 0.29) is 12.1 Å². The molecule has 2 atom stereocenters. The number of aromatic nitrogens is 5. The van der Waals surface area contributed by atoms with Gasteiger partial charge in [0.1, 0.15) is 11.6 Å². The van der Waals surface area contributed by atoms with E-state index < -0.39 is 0 Å². The maximum Gasteiger partial charge on any atom is 0.150 e. The summed E-state index contributed by atoms with van der Waals surface area (Å²) in [7, 11) is 3.81. The van der Waals surface area contributed by atoms with Gasteiger partial charge in [0.25, 0.3) is 0 Å². The van der Waals surface area contributed by atoms with Crippen molar-refractivity contribution in [2.75, 3.05) is 27.2 Å². The lowest BCUT2D eigenvalue weighted by Gasteiger charge is -2.28. The molecular weight excluding hydrogens is 394 g/mol. The number of benzene rings is 1. The second-order valence-corrected chi connectivity index (χ2v) is 8.58. The van der Waals surface area contributed by atoms with Crippen molar-refractivity contribution in [3.8, 4) is 5.75 Å². The molecule has 2 aliphatic heterocycles. The molecule has 1 saturated heterocycles. The van der Waals surface area contributed by atoms with Crippen molar-refractivity contribution < 1.29 is 9.84 Å². The number of nitrogens with zero attached hydrogens (tertiary/aromatic N) is 7. The first-order valence-corrected chi connectivity index (χ1v) is 10.7. The summed E-state index contributed by atoms with van der Waals surface area (Å²) in [6, 6.07) is 6.39. The Balaban J connectivity index is 1.39. The van der Waals surface area contributed by atoms with Crippen LogP contribution in [0.3, 0.4) is 0 Å². The molecule has 0 radical (unpaired) electrons. The minimum atomic E-state index is -0.354. The molecule has 2 aliphatic rings. The smallest absolute Gasteiger partial charge is 0.150 e. The monoisotopic (exact) mass is 423 g/mol. The number of rotatable bonds is 6. The van der Waals surface area contributed by atoms with E-state index in [1.165, 1.54) is 5.56 Å². The maximum atomic E-state index is 10.5. The van der Waals surface area contributed by atoms with Crippen LogP contribution in [-0.2, 0) is 26.2 Å². The fraction of sp³-hybridized carbons (Fsp3) is 0.500. The Morgan fingerprint density at radius 1 is 1.19 bits per heavy atom. The van der Waals surface area contributed by atoms with Gasteiger partial charge in [0.2, 0.25) is 0 Å². The van der Waals surface area contributed by atoms with E-state index in [2.05, 4.69) is 48.7 Å². The van der Waals surface area contributed by atoms with E-state index >= 15 is 0 Å². The molecule has 9 nitrogen and oxygen atoms in total. The van der Waals surface area contributed by atoms with Crippen LogP contribution in [0.1, 0.15) is 35.2 Å². The predicted molar refractivity (Wildman–Crippen MR) is 114 cm³/mol. The van der Waals surface area contributed by atoms with Gasteiger partial charge in [0.05, 0.1) is 38.7 Å². The van der Waals surface area contributed by atoms with Crippen molar-refractivity contribution in [3.05, 3.63) is 59.7 Å². The summed E-state index contributed by atoms with van der Waals surface area (Å²) in [5, 5.41) is 19.4. The number of likely N-dealkylation sites (N-methyl/N-ethyl adjacent to an activating group) is 1. The number of hydrogen-bond acceptors (Lipinski definition) is 7. The molecule has 31 heavy (non-hydrogen) atoms. The van der Waals surface area contributed by atoms with E-state index in [1.54, 1.807) is 13.3 Å². The molecule has 0 amide bonds. The normalized spacial score (nSPS) is 22.0. The van der Waals surface area contributed by atoms with Gasteiger partial charge >= 0.3 is 0 Å². The third-order valence-electron chi connectivity index (χ3n) is 6.29. The second kappa shape index (κ2) is 8.41. The summed E-state index contributed by atoms with van der Waals surface area (Å²) in [6.45, 7) is 4.78. The minimum Gasteiger partial charge on any atom is -0.496 e. The van der Waals surface area contributed by atoms with E-state index in [0.29, 0.717) is 19.5 Å². The summed E-state index contributed by atoms with van der Waals surface area (Å²) < 4.78 is 9.85. The van der Waals surface area contributed by atoms with Gasteiger partial charge in [0, 0.05) is 44.1 Å². The number of imidazole rings is 1. The van der Waals surface area contributed by atoms with Crippen LogP contribution >= 0.6 is 0 Å². The third-order valence-corrected chi connectivity index (χ3v) is 6.29. The number of fused-ring (bicyclic) bond motifs is 1. The summed E-state index contributed by atoms with van der Waals surface area (Å²) in [5.74, 6) is 2.86. The van der Waals surface area contributed by atoms with Gasteiger partial charge in [-0.25, -0.2) is 4.98 Å². The molecule has 9 heteroatoms. The van der Waals surface area contributed by atoms with Gasteiger partial charge in [-0.15, -0.1) is 10.2 Å². The van der Waals surface area contributed by atoms with Crippen LogP contribution in [0.5, 0.6) is 5.75 Å². The summed E-state index contributed by atoms with van der Waals surface area (Å²) in [5.41, 5.74) is 2.30. The molecule has 1 N–H and O–H groups in total. The van der Waals surface area contributed by atoms with Gasteiger partial charge in [-0.05, 0) is 31.2 Å². The summed E-state index contributed by atoms with van der Waals surface area (Å²) >= 11 is 0. The number of aliphatic hydroxyl groups is 1. The first-order valence-electron chi connectivity index (χ1n) is 10.7. The summed E-state index contributed by atoms with van der Waals surface area (Å²) in [4.78, 5) is 8.71. The Labute approximate surface area is 181 Å². The molecule has 0 unspecified atom stereocenters. The second-order valence-electron chi connectivity index (χ2n) is 8.58. The topological polar surface area (TPSA) is 84.5 Å². The molecule has 164 valence electrons. The molecule has 3 aromatic rings. The van der Waals surface area contributed by atoms with Crippen molar-refractivity contribution in [1.29, 1.82) is 0 Å². The highest BCUT2D eigenvalue weighted by atomic mass is 16.5. The van der Waals surface area contributed by atoms with Crippen molar-refractivity contribution in [2.45, 2.75) is 44.7 Å². The summed E-state index contributed by atoms with van der Waals surface area (Å²) in [6.07, 6.45) is 5.87. The van der Waals surface area contributed by atoms with E-state index in [4.69, 9.17) is 4.74 Å². The molecular formula is C22H29N7O2. The number of ether oxygens (including phenoxy) is 1. The lowest BCUT2D eigenvalue weighted by Crippen LogP contribution is -2.33. The fourth-order valence-electron chi connectivity index (χ4n) is 4.74. The van der Waals surface area contributed by atoms with Crippen LogP contribution in [0, 0.1) is 0 Å². The molecule has 2 aromatic heterocycles. The zero-order valence-corrected chi connectivity index (χ0v) is 18.1. The van der Waals surface area contributed by atoms with E-state index in [1.807, 2.05) is 23.2 Å². The maximum absolute atomic E-state index is 10.5. The average molecular weight is 424 g/mol. The Morgan fingerprint density at radius 3 is 2.90 bits per heavy atom. The lowest BCUT2D eigenvalue weighted by atomic mass is 10.1. The Bertz CT molecular complexity index is 1030. The fourth-order valence-corrected chi connectivity index (χ4v) is 4.74. The molecule has 0 bridgehead atoms. The first kappa shape index (κ1) is 20.2. The first-order chi connectivity index (χ1) is 15.1. The van der Waals surface area contributed by atoms with Gasteiger partial charge < -0.3 is 19.0 Å². The van der Waals surface area contributed by atoms with Gasteiger partial charge in [-0.2, -0.15) is 0 Å². The quantitative estimate of drug-likeness (QED) is 0.639. The molecule has 0 spiro atoms. The van der Waals surface area contributed by atoms with Crippen LogP contribution in [0.15, 0.2) is 36.9 Å². The molecule has 0 saturated carbocycles. The van der Waals surface area contributed by atoms with Gasteiger partial charge in [-0.3, -0.25) is 9.80 Å². The Kier molecular flexibility index (Phi) is 5.47. The highest BCUT2D eigenvalue weighted by Crippen LogP contribution is 2.34. The van der Waals surface area contributed by atoms with Gasteiger partial charge in [-0.1, -0.05) is 6.07 Å². The number of likely N-dealkylation sites (tertiary alicyclic amines) is 1. The van der Waals surface area contributed by atoms with Crippen molar-refractivity contribution >= 4 is 0 Å². The van der Waals surface area contributed by atoms with E-state index in [9.17, 15) is 5.11 Å². The number of β-amino-alcohol motifs (C(OH)–C–C–N with tert-alkyl or cyclic N) is 1. The number of aliphatic hydroxyl groups excluding tert-OH is 1. The minimum absolute atomic E-state index is 0.0684. The Morgan fingerprint density at radius 2 is 2.10 bits per heavy atom. The molecule has 0 aliphatic carbocycles. The van der Waals surface area contributed by atoms with Crippen LogP contribution in [0.4, 0.5) is 0 Å². The molecule has 4 heterocycles. The van der Waals surface area contributed by atoms with Crippen LogP contribution < -0.4 is 4.74 Å². The highest BCUT2D eigenvalue weighted by Gasteiger charge is 2.36. The average Bonchev–Trinajstić information content (AvgIpc) is 3.48. The SMILES string of the molecule is COc1ccc(CN2C[C@@H](O)C[C@H]2c2nnc3n2CCN(C)C3)cc1Cn1ccnc1.